The fourth-order valence-electron chi connectivity index (χ4n) is 4.68. The van der Waals surface area contributed by atoms with Crippen LogP contribution in [0.25, 0.3) is 11.0 Å². The number of fused-ring (bicyclic) bond motifs is 2. The molecule has 36 heavy (non-hydrogen) atoms. The molecule has 186 valence electrons. The lowest BCUT2D eigenvalue weighted by molar-refractivity contribution is 0.0970. The standard InChI is InChI=1S/C29H31N3O3S/c1-15(2)12-22-30-31-28(36-22)32-24(18-8-10-19(11-9-18)29(5,6)7)23-25(33)20-13-16(3)17(4)14-21(20)35-26(23)27(32)34/h8-11,13-15,24H,12H2,1-7H3. The number of aryl methyl sites for hydroxylation is 2. The molecule has 0 saturated heterocycles. The zero-order chi connectivity index (χ0) is 25.9. The summed E-state index contributed by atoms with van der Waals surface area (Å²) in [6.45, 7) is 14.7. The van der Waals surface area contributed by atoms with Crippen molar-refractivity contribution in [2.75, 3.05) is 4.90 Å². The highest BCUT2D eigenvalue weighted by molar-refractivity contribution is 7.15. The Morgan fingerprint density at radius 3 is 2.33 bits per heavy atom. The molecule has 1 aliphatic rings. The highest BCUT2D eigenvalue weighted by Crippen LogP contribution is 2.42. The molecular weight excluding hydrogens is 470 g/mol. The van der Waals surface area contributed by atoms with Crippen molar-refractivity contribution < 1.29 is 9.21 Å². The van der Waals surface area contributed by atoms with Crippen LogP contribution in [0.15, 0.2) is 45.6 Å². The summed E-state index contributed by atoms with van der Waals surface area (Å²) in [6, 6.07) is 11.2. The van der Waals surface area contributed by atoms with E-state index in [2.05, 4.69) is 56.9 Å². The van der Waals surface area contributed by atoms with Crippen molar-refractivity contribution in [2.45, 2.75) is 66.3 Å². The van der Waals surface area contributed by atoms with E-state index in [1.807, 2.05) is 38.1 Å². The first kappa shape index (κ1) is 24.4. The summed E-state index contributed by atoms with van der Waals surface area (Å²) in [5, 5.41) is 10.5. The normalized spacial score (nSPS) is 15.8. The number of rotatable bonds is 4. The number of carbonyl (C=O) groups is 1. The lowest BCUT2D eigenvalue weighted by atomic mass is 9.86. The molecule has 0 bridgehead atoms. The van der Waals surface area contributed by atoms with E-state index in [0.29, 0.717) is 27.6 Å². The van der Waals surface area contributed by atoms with Gasteiger partial charge in [-0.25, -0.2) is 0 Å². The van der Waals surface area contributed by atoms with E-state index in [-0.39, 0.29) is 22.5 Å². The maximum absolute atomic E-state index is 13.9. The van der Waals surface area contributed by atoms with Crippen LogP contribution in [0.2, 0.25) is 0 Å². The van der Waals surface area contributed by atoms with Crippen LogP contribution in [0.4, 0.5) is 5.13 Å². The summed E-state index contributed by atoms with van der Waals surface area (Å²) in [4.78, 5) is 29.3. The zero-order valence-electron chi connectivity index (χ0n) is 21.8. The summed E-state index contributed by atoms with van der Waals surface area (Å²) >= 11 is 1.39. The highest BCUT2D eigenvalue weighted by Gasteiger charge is 2.45. The number of hydrogen-bond acceptors (Lipinski definition) is 6. The van der Waals surface area contributed by atoms with Crippen LogP contribution in [0.5, 0.6) is 0 Å². The molecule has 0 radical (unpaired) electrons. The third-order valence-electron chi connectivity index (χ3n) is 6.82. The fraction of sp³-hybridized carbons (Fsp3) is 0.379. The molecule has 6 nitrogen and oxygen atoms in total. The van der Waals surface area contributed by atoms with Crippen molar-refractivity contribution in [3.05, 3.63) is 85.2 Å². The Bertz CT molecular complexity index is 1540. The van der Waals surface area contributed by atoms with E-state index < -0.39 is 6.04 Å². The van der Waals surface area contributed by atoms with Gasteiger partial charge in [0.25, 0.3) is 5.91 Å². The van der Waals surface area contributed by atoms with Gasteiger partial charge in [-0.15, -0.1) is 10.2 Å². The second kappa shape index (κ2) is 8.66. The Kier molecular flexibility index (Phi) is 5.86. The Balaban J connectivity index is 1.73. The Morgan fingerprint density at radius 1 is 1.03 bits per heavy atom. The van der Waals surface area contributed by atoms with Crippen molar-refractivity contribution in [3.63, 3.8) is 0 Å². The van der Waals surface area contributed by atoms with Gasteiger partial charge in [0.1, 0.15) is 10.6 Å². The first-order valence-electron chi connectivity index (χ1n) is 12.3. The van der Waals surface area contributed by atoms with Crippen molar-refractivity contribution >= 4 is 33.3 Å². The minimum Gasteiger partial charge on any atom is -0.450 e. The molecule has 1 atom stereocenters. The van der Waals surface area contributed by atoms with E-state index >= 15 is 0 Å². The number of benzene rings is 2. The highest BCUT2D eigenvalue weighted by atomic mass is 32.1. The van der Waals surface area contributed by atoms with Gasteiger partial charge in [-0.1, -0.05) is 70.2 Å². The Morgan fingerprint density at radius 2 is 1.69 bits per heavy atom. The van der Waals surface area contributed by atoms with Gasteiger partial charge in [0, 0.05) is 6.42 Å². The molecule has 1 aliphatic heterocycles. The molecule has 7 heteroatoms. The number of carbonyl (C=O) groups excluding carboxylic acids is 1. The fourth-order valence-corrected chi connectivity index (χ4v) is 5.76. The number of anilines is 1. The second-order valence-electron chi connectivity index (χ2n) is 11.1. The van der Waals surface area contributed by atoms with E-state index in [4.69, 9.17) is 4.42 Å². The van der Waals surface area contributed by atoms with Gasteiger partial charge in [-0.2, -0.15) is 0 Å². The van der Waals surface area contributed by atoms with Gasteiger partial charge in [-0.05, 0) is 59.6 Å². The minimum atomic E-state index is -0.636. The summed E-state index contributed by atoms with van der Waals surface area (Å²) < 4.78 is 6.15. The van der Waals surface area contributed by atoms with Gasteiger partial charge in [0.15, 0.2) is 5.43 Å². The quantitative estimate of drug-likeness (QED) is 0.319. The molecular formula is C29H31N3O3S. The molecule has 2 aromatic carbocycles. The van der Waals surface area contributed by atoms with Gasteiger partial charge in [-0.3, -0.25) is 14.5 Å². The van der Waals surface area contributed by atoms with Gasteiger partial charge < -0.3 is 4.42 Å². The molecule has 0 fully saturated rings. The van der Waals surface area contributed by atoms with Gasteiger partial charge in [0.05, 0.1) is 17.0 Å². The smallest absolute Gasteiger partial charge is 0.297 e. The molecule has 5 rings (SSSR count). The van der Waals surface area contributed by atoms with E-state index in [1.54, 1.807) is 4.90 Å². The van der Waals surface area contributed by atoms with Crippen LogP contribution in [0.1, 0.15) is 84.0 Å². The molecule has 1 unspecified atom stereocenters. The first-order valence-corrected chi connectivity index (χ1v) is 13.1. The molecule has 4 aromatic rings. The average Bonchev–Trinajstić information content (AvgIpc) is 3.36. The molecule has 1 amide bonds. The van der Waals surface area contributed by atoms with Crippen LogP contribution >= 0.6 is 11.3 Å². The molecule has 2 aromatic heterocycles. The van der Waals surface area contributed by atoms with Crippen molar-refractivity contribution in [2.24, 2.45) is 5.92 Å². The SMILES string of the molecule is Cc1cc2oc3c(c(=O)c2cc1C)C(c1ccc(C(C)(C)C)cc1)N(c1nnc(CC(C)C)s1)C3=O. The van der Waals surface area contributed by atoms with E-state index in [1.165, 1.54) is 16.9 Å². The number of amides is 1. The molecule has 0 spiro atoms. The Hall–Kier alpha value is -3.32. The molecule has 0 saturated carbocycles. The van der Waals surface area contributed by atoms with Crippen molar-refractivity contribution in [1.29, 1.82) is 0 Å². The van der Waals surface area contributed by atoms with Crippen molar-refractivity contribution in [1.82, 2.24) is 10.2 Å². The van der Waals surface area contributed by atoms with Crippen LogP contribution in [0, 0.1) is 19.8 Å². The molecule has 0 N–H and O–H groups in total. The third-order valence-corrected chi connectivity index (χ3v) is 7.77. The molecule has 3 heterocycles. The first-order chi connectivity index (χ1) is 17.0. The number of nitrogens with zero attached hydrogens (tertiary/aromatic N) is 3. The number of hydrogen-bond donors (Lipinski definition) is 0. The summed E-state index contributed by atoms with van der Waals surface area (Å²) in [6.07, 6.45) is 0.775. The van der Waals surface area contributed by atoms with Gasteiger partial charge in [0.2, 0.25) is 10.9 Å². The minimum absolute atomic E-state index is 0.0167. The summed E-state index contributed by atoms with van der Waals surface area (Å²) in [5.74, 6) is 0.138. The second-order valence-corrected chi connectivity index (χ2v) is 12.2. The van der Waals surface area contributed by atoms with Crippen LogP contribution < -0.4 is 10.3 Å². The summed E-state index contributed by atoms with van der Waals surface area (Å²) in [5.41, 5.74) is 4.62. The van der Waals surface area contributed by atoms with E-state index in [9.17, 15) is 9.59 Å². The van der Waals surface area contributed by atoms with Gasteiger partial charge >= 0.3 is 0 Å². The maximum Gasteiger partial charge on any atom is 0.297 e. The average molecular weight is 502 g/mol. The molecule has 0 aliphatic carbocycles. The van der Waals surface area contributed by atoms with Crippen LogP contribution in [0.3, 0.4) is 0 Å². The lowest BCUT2D eigenvalue weighted by Crippen LogP contribution is -2.29. The maximum atomic E-state index is 13.9. The topological polar surface area (TPSA) is 76.3 Å². The lowest BCUT2D eigenvalue weighted by Gasteiger charge is -2.24. The monoisotopic (exact) mass is 501 g/mol. The van der Waals surface area contributed by atoms with Crippen molar-refractivity contribution in [3.8, 4) is 0 Å². The van der Waals surface area contributed by atoms with E-state index in [0.717, 1.165) is 28.1 Å². The van der Waals surface area contributed by atoms with Crippen LogP contribution in [-0.2, 0) is 11.8 Å². The van der Waals surface area contributed by atoms with Crippen LogP contribution in [-0.4, -0.2) is 16.1 Å². The number of aromatic nitrogens is 2. The predicted octanol–water partition coefficient (Wildman–Crippen LogP) is 6.51. The zero-order valence-corrected chi connectivity index (χ0v) is 22.6. The third kappa shape index (κ3) is 4.05. The Labute approximate surface area is 215 Å². The largest absolute Gasteiger partial charge is 0.450 e. The predicted molar refractivity (Wildman–Crippen MR) is 144 cm³/mol. The summed E-state index contributed by atoms with van der Waals surface area (Å²) in [7, 11) is 0.